The maximum atomic E-state index is 12.7. The Balaban J connectivity index is 3.26. The lowest BCUT2D eigenvalue weighted by molar-refractivity contribution is -0.153. The number of benzene rings is 1. The van der Waals surface area contributed by atoms with Crippen molar-refractivity contribution in [1.82, 2.24) is 5.06 Å². The van der Waals surface area contributed by atoms with Crippen LogP contribution in [0.1, 0.15) is 19.4 Å². The van der Waals surface area contributed by atoms with Gasteiger partial charge in [0.2, 0.25) is 5.91 Å². The van der Waals surface area contributed by atoms with Gasteiger partial charge in [0.15, 0.2) is 0 Å². The van der Waals surface area contributed by atoms with Crippen LogP contribution in [0.2, 0.25) is 0 Å². The van der Waals surface area contributed by atoms with Gasteiger partial charge < -0.3 is 0 Å². The minimum Gasteiger partial charge on any atom is -0.273 e. The molecule has 0 aliphatic rings. The molecule has 0 spiro atoms. The number of rotatable bonds is 4. The number of hydroxylamine groups is 2. The van der Waals surface area contributed by atoms with E-state index in [-0.39, 0.29) is 11.0 Å². The van der Waals surface area contributed by atoms with Crippen LogP contribution in [0.4, 0.5) is 13.2 Å². The fourth-order valence-electron chi connectivity index (χ4n) is 1.36. The topological polar surface area (TPSA) is 63.7 Å². The molecule has 0 aromatic heterocycles. The number of nitrogens with zero attached hydrogens (tertiary/aromatic N) is 1. The zero-order valence-corrected chi connectivity index (χ0v) is 13.3. The smallest absolute Gasteiger partial charge is 0.273 e. The molecular weight excluding hydrogens is 379 g/mol. The van der Waals surface area contributed by atoms with Crippen LogP contribution in [0, 0.1) is 0 Å². The van der Waals surface area contributed by atoms with Crippen molar-refractivity contribution < 1.29 is 30.7 Å². The Hall–Kier alpha value is -1.13. The summed E-state index contributed by atoms with van der Waals surface area (Å²) >= 11 is 2.81. The molecule has 0 radical (unpaired) electrons. The van der Waals surface area contributed by atoms with Gasteiger partial charge in [-0.3, -0.25) is 4.79 Å². The first kappa shape index (κ1) is 17.9. The summed E-state index contributed by atoms with van der Waals surface area (Å²) in [7, 11) is -4.55. The Bertz CT molecular complexity index is 645. The molecule has 0 atom stereocenters. The van der Waals surface area contributed by atoms with Crippen molar-refractivity contribution in [2.45, 2.75) is 24.9 Å². The van der Waals surface area contributed by atoms with Crippen molar-refractivity contribution in [3.05, 3.63) is 28.2 Å². The third kappa shape index (κ3) is 4.68. The van der Waals surface area contributed by atoms with Gasteiger partial charge in [0, 0.05) is 17.9 Å². The van der Waals surface area contributed by atoms with E-state index in [0.717, 1.165) is 19.1 Å². The predicted molar refractivity (Wildman–Crippen MR) is 70.5 cm³/mol. The molecule has 10 heteroatoms. The molecule has 21 heavy (non-hydrogen) atoms. The Labute approximate surface area is 127 Å². The molecule has 5 nitrogen and oxygen atoms in total. The maximum Gasteiger partial charge on any atom is 0.416 e. The molecule has 0 aliphatic heterocycles. The first-order valence-corrected chi connectivity index (χ1v) is 7.78. The zero-order chi connectivity index (χ0) is 16.4. The molecule has 0 saturated carbocycles. The van der Waals surface area contributed by atoms with E-state index in [0.29, 0.717) is 11.1 Å². The molecule has 1 aromatic rings. The summed E-state index contributed by atoms with van der Waals surface area (Å²) in [5.74, 6) is -0.688. The average Bonchev–Trinajstić information content (AvgIpc) is 2.33. The maximum absolute atomic E-state index is 12.7. The Morgan fingerprint density at radius 1 is 1.33 bits per heavy atom. The molecule has 0 N–H and O–H groups in total. The number of halogens is 4. The van der Waals surface area contributed by atoms with Gasteiger partial charge in [0.25, 0.3) is 0 Å². The standard InChI is InChI=1S/C11H11BrF3NO4S/c1-3-16(7(2)17)20-21(18,19)10-5-8(11(13,14)15)4-9(12)6-10/h4-6H,3H2,1-2H3. The second-order valence-corrected chi connectivity index (χ2v) is 6.36. The summed E-state index contributed by atoms with van der Waals surface area (Å²) in [6.07, 6.45) is -4.71. The summed E-state index contributed by atoms with van der Waals surface area (Å²) in [5, 5.41) is 0.531. The van der Waals surface area contributed by atoms with Crippen LogP contribution < -0.4 is 0 Å². The van der Waals surface area contributed by atoms with E-state index in [4.69, 9.17) is 0 Å². The molecule has 0 fully saturated rings. The molecule has 118 valence electrons. The van der Waals surface area contributed by atoms with E-state index in [1.54, 1.807) is 0 Å². The molecule has 0 saturated heterocycles. The third-order valence-electron chi connectivity index (χ3n) is 2.31. The van der Waals surface area contributed by atoms with Crippen LogP contribution in [-0.2, 0) is 25.4 Å². The highest BCUT2D eigenvalue weighted by Gasteiger charge is 2.33. The summed E-state index contributed by atoms with van der Waals surface area (Å²) in [6, 6.07) is 2.13. The van der Waals surface area contributed by atoms with E-state index < -0.39 is 32.7 Å². The summed E-state index contributed by atoms with van der Waals surface area (Å²) < 4.78 is 66.3. The Kier molecular flexibility index (Phi) is 5.40. The van der Waals surface area contributed by atoms with Gasteiger partial charge in [-0.15, -0.1) is 4.28 Å². The molecule has 1 rings (SSSR count). The van der Waals surface area contributed by atoms with E-state index >= 15 is 0 Å². The third-order valence-corrected chi connectivity index (χ3v) is 3.96. The zero-order valence-electron chi connectivity index (χ0n) is 10.9. The van der Waals surface area contributed by atoms with E-state index in [1.165, 1.54) is 6.92 Å². The van der Waals surface area contributed by atoms with Crippen LogP contribution in [0.15, 0.2) is 27.6 Å². The normalized spacial score (nSPS) is 12.3. The number of carbonyl (C=O) groups excluding carboxylic acids is 1. The van der Waals surface area contributed by atoms with Crippen molar-refractivity contribution in [3.8, 4) is 0 Å². The molecule has 0 unspecified atom stereocenters. The fraction of sp³-hybridized carbons (Fsp3) is 0.364. The first-order valence-electron chi connectivity index (χ1n) is 5.58. The Morgan fingerprint density at radius 2 is 1.90 bits per heavy atom. The number of amides is 1. The number of hydrogen-bond acceptors (Lipinski definition) is 4. The van der Waals surface area contributed by atoms with Crippen molar-refractivity contribution >= 4 is 32.0 Å². The van der Waals surface area contributed by atoms with Gasteiger partial charge in [0.05, 0.1) is 10.5 Å². The van der Waals surface area contributed by atoms with Crippen LogP contribution in [-0.4, -0.2) is 25.9 Å². The van der Waals surface area contributed by atoms with Gasteiger partial charge in [0.1, 0.15) is 0 Å². The Morgan fingerprint density at radius 3 is 2.33 bits per heavy atom. The van der Waals surface area contributed by atoms with Crippen molar-refractivity contribution in [1.29, 1.82) is 0 Å². The highest BCUT2D eigenvalue weighted by molar-refractivity contribution is 9.10. The lowest BCUT2D eigenvalue weighted by atomic mass is 10.2. The molecule has 0 aliphatic carbocycles. The monoisotopic (exact) mass is 389 g/mol. The second-order valence-electron chi connectivity index (χ2n) is 3.92. The predicted octanol–water partition coefficient (Wildman–Crippen LogP) is 2.96. The van der Waals surface area contributed by atoms with E-state index in [2.05, 4.69) is 20.2 Å². The summed E-state index contributed by atoms with van der Waals surface area (Å²) in [6.45, 7) is 2.45. The van der Waals surface area contributed by atoms with Crippen LogP contribution in [0.25, 0.3) is 0 Å². The first-order chi connectivity index (χ1) is 9.47. The van der Waals surface area contributed by atoms with Gasteiger partial charge >= 0.3 is 16.3 Å². The highest BCUT2D eigenvalue weighted by Crippen LogP contribution is 2.33. The fourth-order valence-corrected chi connectivity index (χ4v) is 3.08. The lowest BCUT2D eigenvalue weighted by Gasteiger charge is -2.18. The largest absolute Gasteiger partial charge is 0.416 e. The summed E-state index contributed by atoms with van der Waals surface area (Å²) in [5.41, 5.74) is -1.15. The van der Waals surface area contributed by atoms with Gasteiger partial charge in [-0.2, -0.15) is 21.6 Å². The second kappa shape index (κ2) is 6.32. The van der Waals surface area contributed by atoms with Crippen LogP contribution in [0.5, 0.6) is 0 Å². The number of carbonyl (C=O) groups is 1. The number of hydrogen-bond donors (Lipinski definition) is 0. The van der Waals surface area contributed by atoms with Crippen molar-refractivity contribution in [2.24, 2.45) is 0 Å². The molecule has 1 aromatic carbocycles. The van der Waals surface area contributed by atoms with Gasteiger partial charge in [-0.1, -0.05) is 15.9 Å². The quantitative estimate of drug-likeness (QED) is 0.742. The van der Waals surface area contributed by atoms with Crippen LogP contribution in [0.3, 0.4) is 0 Å². The molecular formula is C11H11BrF3NO4S. The molecule has 0 bridgehead atoms. The minimum atomic E-state index is -4.71. The lowest BCUT2D eigenvalue weighted by Crippen LogP contribution is -2.31. The minimum absolute atomic E-state index is 0.0747. The van der Waals surface area contributed by atoms with Gasteiger partial charge in [-0.25, -0.2) is 5.06 Å². The molecule has 0 heterocycles. The van der Waals surface area contributed by atoms with E-state index in [1.807, 2.05) is 0 Å². The summed E-state index contributed by atoms with van der Waals surface area (Å²) in [4.78, 5) is 10.4. The molecule has 1 amide bonds. The van der Waals surface area contributed by atoms with E-state index in [9.17, 15) is 26.4 Å². The van der Waals surface area contributed by atoms with Crippen LogP contribution >= 0.6 is 15.9 Å². The van der Waals surface area contributed by atoms with Crippen molar-refractivity contribution in [2.75, 3.05) is 6.54 Å². The highest BCUT2D eigenvalue weighted by atomic mass is 79.9. The SMILES string of the molecule is CCN(OS(=O)(=O)c1cc(Br)cc(C(F)(F)F)c1)C(C)=O. The number of alkyl halides is 3. The van der Waals surface area contributed by atoms with Crippen molar-refractivity contribution in [3.63, 3.8) is 0 Å². The average molecular weight is 390 g/mol. The van der Waals surface area contributed by atoms with Gasteiger partial charge in [-0.05, 0) is 25.1 Å².